The molecule has 0 unspecified atom stereocenters. The third kappa shape index (κ3) is 3.27. The number of amides is 1. The Balaban J connectivity index is 1.88. The van der Waals surface area contributed by atoms with E-state index < -0.39 is 0 Å². The Morgan fingerprint density at radius 1 is 1.18 bits per heavy atom. The van der Waals surface area contributed by atoms with E-state index in [1.165, 1.54) is 31.2 Å². The average Bonchev–Trinajstić information content (AvgIpc) is 2.56. The molecule has 1 aromatic rings. The van der Waals surface area contributed by atoms with Crippen molar-refractivity contribution >= 4 is 11.6 Å². The number of carbonyl (C=O) groups is 1. The van der Waals surface area contributed by atoms with E-state index >= 15 is 0 Å². The predicted molar refractivity (Wildman–Crippen MR) is 90.4 cm³/mol. The van der Waals surface area contributed by atoms with Crippen LogP contribution in [0.5, 0.6) is 0 Å². The number of hydrogen-bond acceptors (Lipinski definition) is 3. The van der Waals surface area contributed by atoms with Gasteiger partial charge in [-0.05, 0) is 68.3 Å². The van der Waals surface area contributed by atoms with E-state index in [4.69, 9.17) is 5.73 Å². The smallest absolute Gasteiger partial charge is 0.250 e. The first-order valence-corrected chi connectivity index (χ1v) is 8.54. The van der Waals surface area contributed by atoms with Crippen LogP contribution in [0.2, 0.25) is 0 Å². The van der Waals surface area contributed by atoms with Gasteiger partial charge >= 0.3 is 0 Å². The Hall–Kier alpha value is -1.55. The van der Waals surface area contributed by atoms with Gasteiger partial charge in [0.25, 0.3) is 5.91 Å². The van der Waals surface area contributed by atoms with Crippen molar-refractivity contribution in [3.05, 3.63) is 29.3 Å². The molecule has 0 radical (unpaired) electrons. The second-order valence-corrected chi connectivity index (χ2v) is 6.83. The number of nitrogens with two attached hydrogens (primary N) is 1. The molecule has 0 bridgehead atoms. The third-order valence-corrected chi connectivity index (χ3v) is 5.22. The summed E-state index contributed by atoms with van der Waals surface area (Å²) in [4.78, 5) is 14.2. The van der Waals surface area contributed by atoms with Crippen LogP contribution in [0.15, 0.2) is 18.2 Å². The summed E-state index contributed by atoms with van der Waals surface area (Å²) in [5, 5.41) is 3.41. The highest BCUT2D eigenvalue weighted by atomic mass is 16.1. The number of piperidine rings is 2. The molecule has 2 aliphatic rings. The molecular weight excluding hydrogens is 274 g/mol. The van der Waals surface area contributed by atoms with Gasteiger partial charge in [0.15, 0.2) is 0 Å². The summed E-state index contributed by atoms with van der Waals surface area (Å²) in [5.41, 5.74) is 8.69. The number of anilines is 1. The number of benzene rings is 1. The van der Waals surface area contributed by atoms with Crippen LogP contribution in [0.4, 0.5) is 5.69 Å². The number of carbonyl (C=O) groups excluding carboxylic acids is 1. The molecular formula is C18H27N3O. The molecule has 0 saturated carbocycles. The first-order valence-electron chi connectivity index (χ1n) is 8.54. The quantitative estimate of drug-likeness (QED) is 0.902. The summed E-state index contributed by atoms with van der Waals surface area (Å²) in [6.07, 6.45) is 4.73. The van der Waals surface area contributed by atoms with Crippen molar-refractivity contribution in [2.24, 2.45) is 11.7 Å². The molecule has 2 heterocycles. The average molecular weight is 301 g/mol. The van der Waals surface area contributed by atoms with Crippen molar-refractivity contribution in [3.8, 4) is 0 Å². The van der Waals surface area contributed by atoms with E-state index in [2.05, 4.69) is 29.3 Å². The topological polar surface area (TPSA) is 58.4 Å². The predicted octanol–water partition coefficient (Wildman–Crippen LogP) is 2.49. The monoisotopic (exact) mass is 301 g/mol. The van der Waals surface area contributed by atoms with Crippen LogP contribution >= 0.6 is 0 Å². The summed E-state index contributed by atoms with van der Waals surface area (Å²) < 4.78 is 0. The molecule has 0 aliphatic carbocycles. The molecule has 4 nitrogen and oxygen atoms in total. The van der Waals surface area contributed by atoms with E-state index in [0.29, 0.717) is 11.5 Å². The van der Waals surface area contributed by atoms with Gasteiger partial charge in [0.05, 0.1) is 5.56 Å². The Morgan fingerprint density at radius 3 is 2.50 bits per heavy atom. The van der Waals surface area contributed by atoms with Crippen LogP contribution in [0.25, 0.3) is 0 Å². The maximum Gasteiger partial charge on any atom is 0.250 e. The van der Waals surface area contributed by atoms with Gasteiger partial charge in [-0.15, -0.1) is 0 Å². The Kier molecular flexibility index (Phi) is 4.67. The van der Waals surface area contributed by atoms with E-state index in [1.54, 1.807) is 0 Å². The van der Waals surface area contributed by atoms with Crippen molar-refractivity contribution in [2.45, 2.75) is 38.5 Å². The Bertz CT molecular complexity index is 529. The summed E-state index contributed by atoms with van der Waals surface area (Å²) in [7, 11) is 0. The lowest BCUT2D eigenvalue weighted by atomic mass is 9.88. The molecule has 22 heavy (non-hydrogen) atoms. The highest BCUT2D eigenvalue weighted by Crippen LogP contribution is 2.32. The maximum absolute atomic E-state index is 11.8. The highest BCUT2D eigenvalue weighted by Gasteiger charge is 2.22. The molecule has 1 aromatic carbocycles. The fraction of sp³-hybridized carbons (Fsp3) is 0.611. The number of rotatable bonds is 3. The lowest BCUT2D eigenvalue weighted by Gasteiger charge is -2.34. The zero-order chi connectivity index (χ0) is 15.5. The molecule has 120 valence electrons. The number of primary amides is 1. The summed E-state index contributed by atoms with van der Waals surface area (Å²) in [6, 6.07) is 6.27. The highest BCUT2D eigenvalue weighted by molar-refractivity contribution is 5.98. The Morgan fingerprint density at radius 2 is 1.86 bits per heavy atom. The summed E-state index contributed by atoms with van der Waals surface area (Å²) in [6.45, 7) is 6.52. The van der Waals surface area contributed by atoms with E-state index in [0.717, 1.165) is 37.8 Å². The minimum absolute atomic E-state index is 0.314. The number of nitrogens with one attached hydrogen (secondary N) is 1. The molecule has 0 spiro atoms. The zero-order valence-corrected chi connectivity index (χ0v) is 13.5. The van der Waals surface area contributed by atoms with Gasteiger partial charge in [-0.1, -0.05) is 13.0 Å². The standard InChI is InChI=1S/C18H27N3O/c1-13-6-10-21(11-7-13)17-12-15(2-3-16(17)18(19)22)14-4-8-20-9-5-14/h2-3,12-14,20H,4-11H2,1H3,(H2,19,22). The van der Waals surface area contributed by atoms with Crippen LogP contribution in [0.1, 0.15) is 54.4 Å². The van der Waals surface area contributed by atoms with Gasteiger partial charge in [-0.25, -0.2) is 0 Å². The number of nitrogens with zero attached hydrogens (tertiary/aromatic N) is 1. The van der Waals surface area contributed by atoms with E-state index in [-0.39, 0.29) is 5.91 Å². The SMILES string of the molecule is CC1CCN(c2cc(C3CCNCC3)ccc2C(N)=O)CC1. The van der Waals surface area contributed by atoms with Crippen LogP contribution < -0.4 is 16.0 Å². The summed E-state index contributed by atoms with van der Waals surface area (Å²) in [5.74, 6) is 1.07. The molecule has 2 fully saturated rings. The second kappa shape index (κ2) is 6.69. The fourth-order valence-electron chi connectivity index (χ4n) is 3.68. The maximum atomic E-state index is 11.8. The van der Waals surface area contributed by atoms with Crippen molar-refractivity contribution in [1.82, 2.24) is 5.32 Å². The minimum atomic E-state index is -0.314. The van der Waals surface area contributed by atoms with Crippen molar-refractivity contribution in [1.29, 1.82) is 0 Å². The van der Waals surface area contributed by atoms with Crippen LogP contribution in [-0.2, 0) is 0 Å². The number of hydrogen-bond donors (Lipinski definition) is 2. The Labute approximate surface area is 133 Å². The van der Waals surface area contributed by atoms with Crippen molar-refractivity contribution < 1.29 is 4.79 Å². The molecule has 0 atom stereocenters. The first kappa shape index (κ1) is 15.3. The molecule has 3 rings (SSSR count). The summed E-state index contributed by atoms with van der Waals surface area (Å²) >= 11 is 0. The van der Waals surface area contributed by atoms with Gasteiger partial charge in [0.2, 0.25) is 0 Å². The molecule has 4 heteroatoms. The molecule has 3 N–H and O–H groups in total. The minimum Gasteiger partial charge on any atom is -0.371 e. The molecule has 2 aliphatic heterocycles. The van der Waals surface area contributed by atoms with Gasteiger partial charge in [0, 0.05) is 18.8 Å². The van der Waals surface area contributed by atoms with E-state index in [1.807, 2.05) is 6.07 Å². The van der Waals surface area contributed by atoms with Gasteiger partial charge in [-0.2, -0.15) is 0 Å². The molecule has 1 amide bonds. The third-order valence-electron chi connectivity index (χ3n) is 5.22. The normalized spacial score (nSPS) is 21.0. The van der Waals surface area contributed by atoms with Crippen LogP contribution in [-0.4, -0.2) is 32.1 Å². The lowest BCUT2D eigenvalue weighted by molar-refractivity contribution is 0.100. The first-order chi connectivity index (χ1) is 10.6. The lowest BCUT2D eigenvalue weighted by Crippen LogP contribution is -2.34. The molecule has 0 aromatic heterocycles. The van der Waals surface area contributed by atoms with Gasteiger partial charge in [-0.3, -0.25) is 4.79 Å². The van der Waals surface area contributed by atoms with Crippen LogP contribution in [0, 0.1) is 5.92 Å². The van der Waals surface area contributed by atoms with Crippen molar-refractivity contribution in [3.63, 3.8) is 0 Å². The largest absolute Gasteiger partial charge is 0.371 e. The van der Waals surface area contributed by atoms with Crippen LogP contribution in [0.3, 0.4) is 0 Å². The molecule has 2 saturated heterocycles. The van der Waals surface area contributed by atoms with Gasteiger partial charge < -0.3 is 16.0 Å². The van der Waals surface area contributed by atoms with Crippen molar-refractivity contribution in [2.75, 3.05) is 31.1 Å². The fourth-order valence-corrected chi connectivity index (χ4v) is 3.68. The zero-order valence-electron chi connectivity index (χ0n) is 13.5. The van der Waals surface area contributed by atoms with E-state index in [9.17, 15) is 4.79 Å². The second-order valence-electron chi connectivity index (χ2n) is 6.83. The van der Waals surface area contributed by atoms with Gasteiger partial charge in [0.1, 0.15) is 0 Å².